The summed E-state index contributed by atoms with van der Waals surface area (Å²) in [6.07, 6.45) is 14.3. The summed E-state index contributed by atoms with van der Waals surface area (Å²) in [6, 6.07) is 7.58. The van der Waals surface area contributed by atoms with Gasteiger partial charge in [0.05, 0.1) is 18.7 Å². The molecule has 0 aliphatic carbocycles. The Bertz CT molecular complexity index is 646. The number of ether oxygens (including phenoxy) is 1. The number of hydrogen-bond acceptors (Lipinski definition) is 3. The summed E-state index contributed by atoms with van der Waals surface area (Å²) in [4.78, 5) is 25.6. The Morgan fingerprint density at radius 3 is 2.73 bits per heavy atom. The third kappa shape index (κ3) is 5.87. The molecule has 1 aromatic rings. The molecule has 0 radical (unpaired) electrons. The molecule has 0 aromatic heterocycles. The molecule has 1 aliphatic heterocycles. The highest BCUT2D eigenvalue weighted by atomic mass is 16.5. The molecule has 1 aromatic carbocycles. The molecule has 1 heterocycles. The molecule has 0 saturated carbocycles. The highest BCUT2D eigenvalue weighted by Crippen LogP contribution is 2.20. The minimum absolute atomic E-state index is 0.188. The molecule has 140 valence electrons. The van der Waals surface area contributed by atoms with Crippen molar-refractivity contribution < 1.29 is 14.3 Å². The van der Waals surface area contributed by atoms with Crippen molar-refractivity contribution in [1.29, 1.82) is 0 Å². The molecule has 2 rings (SSSR count). The summed E-state index contributed by atoms with van der Waals surface area (Å²) in [5.41, 5.74) is 1.66. The monoisotopic (exact) mass is 355 g/mol. The van der Waals surface area contributed by atoms with Crippen LogP contribution in [0.2, 0.25) is 0 Å². The maximum Gasteiger partial charge on any atom is 0.337 e. The zero-order valence-electron chi connectivity index (χ0n) is 15.8. The Hall–Kier alpha value is -2.36. The van der Waals surface area contributed by atoms with E-state index in [-0.39, 0.29) is 17.9 Å². The van der Waals surface area contributed by atoms with Crippen LogP contribution in [0.3, 0.4) is 0 Å². The fourth-order valence-electron chi connectivity index (χ4n) is 3.11. The van der Waals surface area contributed by atoms with Crippen LogP contribution in [0.1, 0.15) is 54.9 Å². The topological polar surface area (TPSA) is 46.6 Å². The summed E-state index contributed by atoms with van der Waals surface area (Å²) in [7, 11) is 1.38. The maximum absolute atomic E-state index is 12.2. The molecular weight excluding hydrogens is 326 g/mol. The van der Waals surface area contributed by atoms with Gasteiger partial charge in [-0.3, -0.25) is 4.79 Å². The lowest BCUT2D eigenvalue weighted by atomic mass is 10.1. The van der Waals surface area contributed by atoms with E-state index < -0.39 is 0 Å². The molecule has 4 heteroatoms. The lowest BCUT2D eigenvalue weighted by Crippen LogP contribution is -2.33. The molecule has 1 fully saturated rings. The highest BCUT2D eigenvalue weighted by molar-refractivity contribution is 5.89. The van der Waals surface area contributed by atoms with Gasteiger partial charge in [0.25, 0.3) is 0 Å². The molecular formula is C22H29NO3. The smallest absolute Gasteiger partial charge is 0.337 e. The number of carbonyl (C=O) groups is 2. The van der Waals surface area contributed by atoms with Gasteiger partial charge < -0.3 is 9.64 Å². The maximum atomic E-state index is 12.2. The average Bonchev–Trinajstić information content (AvgIpc) is 3.02. The Morgan fingerprint density at radius 1 is 1.27 bits per heavy atom. The van der Waals surface area contributed by atoms with E-state index in [9.17, 15) is 9.59 Å². The number of esters is 1. The first-order valence-electron chi connectivity index (χ1n) is 9.45. The number of methoxy groups -OCH3 is 1. The molecule has 26 heavy (non-hydrogen) atoms. The van der Waals surface area contributed by atoms with Crippen molar-refractivity contribution >= 4 is 11.9 Å². The van der Waals surface area contributed by atoms with E-state index in [0.717, 1.165) is 24.8 Å². The Labute approximate surface area is 156 Å². The number of rotatable bonds is 9. The molecule has 1 aliphatic rings. The summed E-state index contributed by atoms with van der Waals surface area (Å²) in [6.45, 7) is 2.89. The molecule has 0 unspecified atom stereocenters. The summed E-state index contributed by atoms with van der Waals surface area (Å²) in [5.74, 6) is -0.107. The van der Waals surface area contributed by atoms with E-state index in [1.165, 1.54) is 20.0 Å². The van der Waals surface area contributed by atoms with Gasteiger partial charge in [-0.2, -0.15) is 0 Å². The molecule has 1 amide bonds. The molecule has 1 atom stereocenters. The van der Waals surface area contributed by atoms with Crippen LogP contribution in [-0.2, 0) is 16.0 Å². The average molecular weight is 355 g/mol. The number of nitrogens with zero attached hydrogens (tertiary/aromatic N) is 1. The summed E-state index contributed by atoms with van der Waals surface area (Å²) in [5, 5.41) is 0. The van der Waals surface area contributed by atoms with Crippen molar-refractivity contribution in [2.24, 2.45) is 0 Å². The van der Waals surface area contributed by atoms with Gasteiger partial charge in [0.2, 0.25) is 5.91 Å². The predicted molar refractivity (Wildman–Crippen MR) is 104 cm³/mol. The second kappa shape index (κ2) is 10.6. The number of hydrogen-bond donors (Lipinski definition) is 0. The van der Waals surface area contributed by atoms with Gasteiger partial charge in [0, 0.05) is 13.0 Å². The van der Waals surface area contributed by atoms with Crippen LogP contribution in [0.4, 0.5) is 0 Å². The minimum atomic E-state index is -0.330. The second-order valence-corrected chi connectivity index (χ2v) is 6.59. The van der Waals surface area contributed by atoms with E-state index in [1.807, 2.05) is 17.0 Å². The van der Waals surface area contributed by atoms with Gasteiger partial charge in [0.15, 0.2) is 0 Å². The van der Waals surface area contributed by atoms with E-state index in [1.54, 1.807) is 12.1 Å². The van der Waals surface area contributed by atoms with Crippen LogP contribution in [0.25, 0.3) is 0 Å². The molecule has 0 N–H and O–H groups in total. The third-order valence-corrected chi connectivity index (χ3v) is 4.70. The van der Waals surface area contributed by atoms with Crippen molar-refractivity contribution in [2.45, 2.75) is 51.5 Å². The van der Waals surface area contributed by atoms with E-state index in [2.05, 4.69) is 31.2 Å². The zero-order valence-corrected chi connectivity index (χ0v) is 15.8. The van der Waals surface area contributed by atoms with Crippen LogP contribution >= 0.6 is 0 Å². The zero-order chi connectivity index (χ0) is 18.8. The van der Waals surface area contributed by atoms with Crippen LogP contribution in [0, 0.1) is 0 Å². The largest absolute Gasteiger partial charge is 0.465 e. The number of carbonyl (C=O) groups excluding carboxylic acids is 2. The number of likely N-dealkylation sites (tertiary alicyclic amines) is 1. The van der Waals surface area contributed by atoms with Gasteiger partial charge in [-0.15, -0.1) is 0 Å². The molecule has 0 bridgehead atoms. The van der Waals surface area contributed by atoms with Crippen molar-refractivity contribution in [3.8, 4) is 0 Å². The van der Waals surface area contributed by atoms with Gasteiger partial charge in [-0.25, -0.2) is 4.79 Å². The predicted octanol–water partition coefficient (Wildman–Crippen LogP) is 4.31. The number of unbranched alkanes of at least 4 members (excludes halogenated alkanes) is 2. The van der Waals surface area contributed by atoms with Crippen molar-refractivity contribution in [1.82, 2.24) is 4.90 Å². The lowest BCUT2D eigenvalue weighted by molar-refractivity contribution is -0.128. The first-order valence-corrected chi connectivity index (χ1v) is 9.45. The van der Waals surface area contributed by atoms with Gasteiger partial charge >= 0.3 is 5.97 Å². The number of benzene rings is 1. The highest BCUT2D eigenvalue weighted by Gasteiger charge is 2.28. The fourth-order valence-corrected chi connectivity index (χ4v) is 3.11. The van der Waals surface area contributed by atoms with Crippen LogP contribution in [-0.4, -0.2) is 36.5 Å². The summed E-state index contributed by atoms with van der Waals surface area (Å²) >= 11 is 0. The Morgan fingerprint density at radius 2 is 2.04 bits per heavy atom. The van der Waals surface area contributed by atoms with Crippen LogP contribution < -0.4 is 0 Å². The Kier molecular flexibility index (Phi) is 8.13. The minimum Gasteiger partial charge on any atom is -0.465 e. The summed E-state index contributed by atoms with van der Waals surface area (Å²) < 4.78 is 4.71. The molecule has 1 saturated heterocycles. The fraction of sp³-hybridized carbons (Fsp3) is 0.455. The van der Waals surface area contributed by atoms with Gasteiger partial charge in [0.1, 0.15) is 0 Å². The van der Waals surface area contributed by atoms with Gasteiger partial charge in [-0.05, 0) is 37.0 Å². The van der Waals surface area contributed by atoms with Crippen molar-refractivity contribution in [3.05, 3.63) is 59.7 Å². The first-order chi connectivity index (χ1) is 12.7. The second-order valence-electron chi connectivity index (χ2n) is 6.59. The van der Waals surface area contributed by atoms with E-state index >= 15 is 0 Å². The molecule has 0 spiro atoms. The Balaban J connectivity index is 1.87. The standard InChI is InChI=1S/C22H29NO3/c1-3-4-5-6-7-8-9-20-14-15-21(24)23(20)17-16-18-10-12-19(13-11-18)22(25)26-2/h6-13,20H,3-5,14-17H2,1-2H3/b7-6?,9-8+/t20-/m0/s1. The van der Waals surface area contributed by atoms with Crippen LogP contribution in [0.15, 0.2) is 48.6 Å². The lowest BCUT2D eigenvalue weighted by Gasteiger charge is -2.22. The number of allylic oxidation sites excluding steroid dienone is 3. The quantitative estimate of drug-likeness (QED) is 0.377. The van der Waals surface area contributed by atoms with Gasteiger partial charge in [-0.1, -0.05) is 56.2 Å². The van der Waals surface area contributed by atoms with Crippen molar-refractivity contribution in [2.75, 3.05) is 13.7 Å². The van der Waals surface area contributed by atoms with Crippen LogP contribution in [0.5, 0.6) is 0 Å². The SMILES string of the molecule is CCCCC=C/C=C/[C@H]1CCC(=O)N1CCc1ccc(C(=O)OC)cc1. The van der Waals surface area contributed by atoms with E-state index in [0.29, 0.717) is 18.5 Å². The molecule has 4 nitrogen and oxygen atoms in total. The first kappa shape index (κ1) is 20.0. The van der Waals surface area contributed by atoms with Crippen molar-refractivity contribution in [3.63, 3.8) is 0 Å². The third-order valence-electron chi connectivity index (χ3n) is 4.70. The van der Waals surface area contributed by atoms with E-state index in [4.69, 9.17) is 4.74 Å². The number of amides is 1. The normalized spacial score (nSPS) is 17.5.